The number of ether oxygens (including phenoxy) is 1. The number of aromatic amines is 1. The summed E-state index contributed by atoms with van der Waals surface area (Å²) >= 11 is 0. The topological polar surface area (TPSA) is 55.0 Å². The van der Waals surface area contributed by atoms with Gasteiger partial charge in [0.15, 0.2) is 0 Å². The van der Waals surface area contributed by atoms with Crippen molar-refractivity contribution in [3.8, 4) is 0 Å². The highest BCUT2D eigenvalue weighted by atomic mass is 16.5. The predicted molar refractivity (Wildman–Crippen MR) is 99.5 cm³/mol. The van der Waals surface area contributed by atoms with Crippen LogP contribution < -0.4 is 0 Å². The van der Waals surface area contributed by atoms with Gasteiger partial charge in [0.2, 0.25) is 0 Å². The molecule has 2 heterocycles. The van der Waals surface area contributed by atoms with Gasteiger partial charge in [-0.05, 0) is 56.4 Å². The summed E-state index contributed by atoms with van der Waals surface area (Å²) < 4.78 is 5.33. The Morgan fingerprint density at radius 2 is 1.96 bits per heavy atom. The minimum atomic E-state index is -0.114. The zero-order valence-corrected chi connectivity index (χ0v) is 14.6. The van der Waals surface area contributed by atoms with Crippen molar-refractivity contribution in [2.45, 2.75) is 39.0 Å². The first-order chi connectivity index (χ1) is 12.2. The van der Waals surface area contributed by atoms with Gasteiger partial charge in [0.25, 0.3) is 0 Å². The Balaban J connectivity index is 1.34. The second-order valence-corrected chi connectivity index (χ2v) is 6.31. The molecule has 0 aliphatic rings. The molecule has 0 aliphatic heterocycles. The highest BCUT2D eigenvalue weighted by Gasteiger charge is 2.06. The first-order valence-corrected chi connectivity index (χ1v) is 8.85. The molecule has 130 valence electrons. The van der Waals surface area contributed by atoms with Crippen LogP contribution in [0.2, 0.25) is 0 Å². The van der Waals surface area contributed by atoms with E-state index >= 15 is 0 Å². The number of H-pyrrole nitrogens is 1. The number of esters is 1. The van der Waals surface area contributed by atoms with Gasteiger partial charge in [0.1, 0.15) is 0 Å². The van der Waals surface area contributed by atoms with E-state index in [9.17, 15) is 4.79 Å². The van der Waals surface area contributed by atoms with Crippen LogP contribution in [0.3, 0.4) is 0 Å². The molecule has 3 aromatic rings. The van der Waals surface area contributed by atoms with Crippen LogP contribution in [0.5, 0.6) is 0 Å². The molecular weight excluding hydrogens is 312 g/mol. The largest absolute Gasteiger partial charge is 0.466 e. The van der Waals surface area contributed by atoms with Crippen LogP contribution >= 0.6 is 0 Å². The molecule has 0 bridgehead atoms. The Morgan fingerprint density at radius 3 is 2.84 bits per heavy atom. The molecule has 0 fully saturated rings. The maximum absolute atomic E-state index is 11.9. The van der Waals surface area contributed by atoms with Crippen molar-refractivity contribution in [2.75, 3.05) is 6.61 Å². The van der Waals surface area contributed by atoms with E-state index in [4.69, 9.17) is 4.74 Å². The number of benzene rings is 1. The third kappa shape index (κ3) is 4.92. The summed E-state index contributed by atoms with van der Waals surface area (Å²) in [5, 5.41) is 1.24. The number of carbonyl (C=O) groups excluding carboxylic acids is 1. The number of para-hydroxylation sites is 1. The van der Waals surface area contributed by atoms with Crippen LogP contribution in [0.4, 0.5) is 0 Å². The minimum absolute atomic E-state index is 0.114. The van der Waals surface area contributed by atoms with Gasteiger partial charge < -0.3 is 9.72 Å². The predicted octanol–water partition coefficient (Wildman–Crippen LogP) is 4.37. The standard InChI is InChI=1S/C21H24N2O2/c1-16-7-4-9-18(23-16)10-6-14-25-21(24)13-5-8-17-15-22-20-12-3-2-11-19(17)20/h2-4,7,9,11-12,15,22H,5-6,8,10,13-14H2,1H3. The number of fused-ring (bicyclic) bond motifs is 1. The number of pyridine rings is 1. The minimum Gasteiger partial charge on any atom is -0.466 e. The summed E-state index contributed by atoms with van der Waals surface area (Å²) in [5.74, 6) is -0.114. The van der Waals surface area contributed by atoms with E-state index < -0.39 is 0 Å². The fourth-order valence-electron chi connectivity index (χ4n) is 3.01. The third-order valence-corrected chi connectivity index (χ3v) is 4.29. The molecule has 1 aromatic carbocycles. The van der Waals surface area contributed by atoms with Crippen molar-refractivity contribution in [3.05, 3.63) is 65.6 Å². The number of rotatable bonds is 8. The molecule has 0 atom stereocenters. The highest BCUT2D eigenvalue weighted by Crippen LogP contribution is 2.19. The normalized spacial score (nSPS) is 10.9. The molecular formula is C21H24N2O2. The van der Waals surface area contributed by atoms with Gasteiger partial charge in [0, 0.05) is 34.9 Å². The SMILES string of the molecule is Cc1cccc(CCCOC(=O)CCCc2c[nH]c3ccccc23)n1. The maximum Gasteiger partial charge on any atom is 0.305 e. The van der Waals surface area contributed by atoms with Crippen molar-refractivity contribution in [3.63, 3.8) is 0 Å². The van der Waals surface area contributed by atoms with E-state index in [-0.39, 0.29) is 5.97 Å². The molecule has 0 spiro atoms. The molecule has 1 N–H and O–H groups in total. The van der Waals surface area contributed by atoms with E-state index in [0.717, 1.165) is 42.6 Å². The van der Waals surface area contributed by atoms with Crippen molar-refractivity contribution in [2.24, 2.45) is 0 Å². The Bertz CT molecular complexity index is 839. The molecule has 0 aliphatic carbocycles. The summed E-state index contributed by atoms with van der Waals surface area (Å²) in [7, 11) is 0. The lowest BCUT2D eigenvalue weighted by Gasteiger charge is -2.05. The monoisotopic (exact) mass is 336 g/mol. The molecule has 0 amide bonds. The first-order valence-electron chi connectivity index (χ1n) is 8.85. The average molecular weight is 336 g/mol. The van der Waals surface area contributed by atoms with Crippen molar-refractivity contribution >= 4 is 16.9 Å². The van der Waals surface area contributed by atoms with E-state index in [2.05, 4.69) is 22.1 Å². The zero-order chi connectivity index (χ0) is 17.5. The van der Waals surface area contributed by atoms with Gasteiger partial charge in [-0.15, -0.1) is 0 Å². The van der Waals surface area contributed by atoms with E-state index in [0.29, 0.717) is 13.0 Å². The molecule has 3 rings (SSSR count). The van der Waals surface area contributed by atoms with Crippen molar-refractivity contribution < 1.29 is 9.53 Å². The van der Waals surface area contributed by atoms with Crippen LogP contribution in [-0.2, 0) is 22.4 Å². The summed E-state index contributed by atoms with van der Waals surface area (Å²) in [4.78, 5) is 19.6. The smallest absolute Gasteiger partial charge is 0.305 e. The van der Waals surface area contributed by atoms with Gasteiger partial charge in [0.05, 0.1) is 6.61 Å². The third-order valence-electron chi connectivity index (χ3n) is 4.29. The second-order valence-electron chi connectivity index (χ2n) is 6.31. The van der Waals surface area contributed by atoms with Gasteiger partial charge in [-0.3, -0.25) is 9.78 Å². The lowest BCUT2D eigenvalue weighted by Crippen LogP contribution is -2.07. The Morgan fingerprint density at radius 1 is 1.08 bits per heavy atom. The van der Waals surface area contributed by atoms with Crippen LogP contribution in [0.25, 0.3) is 10.9 Å². The first kappa shape index (κ1) is 17.2. The Labute approximate surface area is 148 Å². The number of hydrogen-bond donors (Lipinski definition) is 1. The van der Waals surface area contributed by atoms with Crippen LogP contribution in [0.15, 0.2) is 48.7 Å². The van der Waals surface area contributed by atoms with Crippen LogP contribution in [-0.4, -0.2) is 22.5 Å². The summed E-state index contributed by atoms with van der Waals surface area (Å²) in [6.45, 7) is 2.44. The lowest BCUT2D eigenvalue weighted by atomic mass is 10.1. The fraction of sp³-hybridized carbons (Fsp3) is 0.333. The summed E-state index contributed by atoms with van der Waals surface area (Å²) in [6.07, 6.45) is 5.83. The van der Waals surface area contributed by atoms with Gasteiger partial charge >= 0.3 is 5.97 Å². The molecule has 0 saturated carbocycles. The number of aryl methyl sites for hydroxylation is 3. The summed E-state index contributed by atoms with van der Waals surface area (Å²) in [6, 6.07) is 14.2. The zero-order valence-electron chi connectivity index (χ0n) is 14.6. The molecule has 0 saturated heterocycles. The molecule has 0 unspecified atom stereocenters. The van der Waals surface area contributed by atoms with Crippen molar-refractivity contribution in [1.82, 2.24) is 9.97 Å². The summed E-state index contributed by atoms with van der Waals surface area (Å²) in [5.41, 5.74) is 4.47. The van der Waals surface area contributed by atoms with E-state index in [1.54, 1.807) is 0 Å². The average Bonchev–Trinajstić information content (AvgIpc) is 3.02. The lowest BCUT2D eigenvalue weighted by molar-refractivity contribution is -0.143. The maximum atomic E-state index is 11.9. The Hall–Kier alpha value is -2.62. The number of hydrogen-bond acceptors (Lipinski definition) is 3. The van der Waals surface area contributed by atoms with E-state index in [1.165, 1.54) is 10.9 Å². The molecule has 25 heavy (non-hydrogen) atoms. The van der Waals surface area contributed by atoms with Gasteiger partial charge in [-0.25, -0.2) is 0 Å². The molecule has 4 heteroatoms. The number of nitrogens with zero attached hydrogens (tertiary/aromatic N) is 1. The number of aromatic nitrogens is 2. The highest BCUT2D eigenvalue weighted by molar-refractivity contribution is 5.83. The van der Waals surface area contributed by atoms with Crippen LogP contribution in [0.1, 0.15) is 36.2 Å². The number of nitrogens with one attached hydrogen (secondary N) is 1. The molecule has 4 nitrogen and oxygen atoms in total. The molecule has 2 aromatic heterocycles. The van der Waals surface area contributed by atoms with Crippen molar-refractivity contribution in [1.29, 1.82) is 0 Å². The van der Waals surface area contributed by atoms with Gasteiger partial charge in [-0.1, -0.05) is 24.3 Å². The van der Waals surface area contributed by atoms with Gasteiger partial charge in [-0.2, -0.15) is 0 Å². The van der Waals surface area contributed by atoms with E-state index in [1.807, 2.05) is 43.5 Å². The quantitative estimate of drug-likeness (QED) is 0.491. The van der Waals surface area contributed by atoms with Crippen LogP contribution in [0, 0.1) is 6.92 Å². The second kappa shape index (κ2) is 8.47. The number of carbonyl (C=O) groups is 1. The Kier molecular flexibility index (Phi) is 5.83. The fourth-order valence-corrected chi connectivity index (χ4v) is 3.01. The molecule has 0 radical (unpaired) electrons.